The number of carbonyl (C=O) groups excluding carboxylic acids is 2. The molecule has 0 saturated heterocycles. The molecule has 11 nitrogen and oxygen atoms in total. The molecule has 6 aromatic carbocycles. The van der Waals surface area contributed by atoms with Gasteiger partial charge in [0.2, 0.25) is 5.91 Å². The number of hydrogen-bond donors (Lipinski definition) is 2. The molecule has 0 radical (unpaired) electrons. The number of nitrogens with two attached hydrogens (primary N) is 1. The summed E-state index contributed by atoms with van der Waals surface area (Å²) < 4.78 is 16.7. The number of benzene rings is 6. The Balaban J connectivity index is 0.000000300. The van der Waals surface area contributed by atoms with Crippen LogP contribution in [0.5, 0.6) is 11.5 Å². The second kappa shape index (κ2) is 28.7. The summed E-state index contributed by atoms with van der Waals surface area (Å²) in [5.41, 5.74) is 17.5. The van der Waals surface area contributed by atoms with Crippen molar-refractivity contribution in [2.45, 2.75) is 44.4 Å². The molecular formula is C58H74ClN6O5-. The number of carbonyl (C=O) groups is 2. The number of nitrogens with zero attached hydrogens (tertiary/aromatic N) is 4. The lowest BCUT2D eigenvalue weighted by molar-refractivity contribution is -0.143. The molecule has 0 aliphatic heterocycles. The van der Waals surface area contributed by atoms with Gasteiger partial charge in [0.1, 0.15) is 11.5 Å². The van der Waals surface area contributed by atoms with Crippen LogP contribution < -0.4 is 52.5 Å². The van der Waals surface area contributed by atoms with Crippen LogP contribution in [0, 0.1) is 0 Å². The molecule has 0 unspecified atom stereocenters. The molecule has 70 heavy (non-hydrogen) atoms. The number of halogens is 1. The van der Waals surface area contributed by atoms with E-state index in [-0.39, 0.29) is 36.1 Å². The zero-order chi connectivity index (χ0) is 49.7. The molecule has 0 heterocycles. The number of nitrogens with one attached hydrogen (secondary N) is 1. The maximum atomic E-state index is 11.7. The SMILES string of the molecule is CCOC(=O)CCCOc1ccc(C(c2ccc(N(C)C)cc2)c2ccc(N(C)C)cc2)cc1.CN(C)c1ccc(C(c2ccc(OCCCC(=O)NCCN)cc2)c2ccc(N(C)C)cc2)cc1.[Cl-]. The van der Waals surface area contributed by atoms with Gasteiger partial charge < -0.3 is 57.3 Å². The van der Waals surface area contributed by atoms with Gasteiger partial charge >= 0.3 is 5.97 Å². The Morgan fingerprint density at radius 3 is 1.03 bits per heavy atom. The molecule has 12 heteroatoms. The Kier molecular flexibility index (Phi) is 22.9. The van der Waals surface area contributed by atoms with Gasteiger partial charge in [-0.3, -0.25) is 9.59 Å². The average Bonchev–Trinajstić information content (AvgIpc) is 3.35. The fourth-order valence-electron chi connectivity index (χ4n) is 7.89. The predicted octanol–water partition coefficient (Wildman–Crippen LogP) is 6.96. The minimum atomic E-state index is -0.176. The van der Waals surface area contributed by atoms with Crippen molar-refractivity contribution in [3.05, 3.63) is 179 Å². The number of esters is 1. The van der Waals surface area contributed by atoms with E-state index in [1.807, 2.05) is 31.2 Å². The minimum Gasteiger partial charge on any atom is -1.00 e. The van der Waals surface area contributed by atoms with Crippen molar-refractivity contribution < 1.29 is 36.2 Å². The van der Waals surface area contributed by atoms with Gasteiger partial charge in [-0.15, -0.1) is 0 Å². The van der Waals surface area contributed by atoms with Crippen molar-refractivity contribution in [3.63, 3.8) is 0 Å². The number of ether oxygens (including phenoxy) is 3. The molecule has 0 saturated carbocycles. The fraction of sp³-hybridized carbons (Fsp3) is 0.345. The van der Waals surface area contributed by atoms with Gasteiger partial charge in [0.15, 0.2) is 0 Å². The lowest BCUT2D eigenvalue weighted by Crippen LogP contribution is -3.00. The molecule has 6 rings (SSSR count). The van der Waals surface area contributed by atoms with Crippen molar-refractivity contribution in [3.8, 4) is 11.5 Å². The largest absolute Gasteiger partial charge is 1.00 e. The van der Waals surface area contributed by atoms with Crippen molar-refractivity contribution in [2.75, 3.05) is 109 Å². The lowest BCUT2D eigenvalue weighted by Gasteiger charge is -2.22. The zero-order valence-corrected chi connectivity index (χ0v) is 43.4. The quantitative estimate of drug-likeness (QED) is 0.0398. The summed E-state index contributed by atoms with van der Waals surface area (Å²) in [6.07, 6.45) is 2.11. The van der Waals surface area contributed by atoms with Gasteiger partial charge in [-0.25, -0.2) is 0 Å². The summed E-state index contributed by atoms with van der Waals surface area (Å²) >= 11 is 0. The van der Waals surface area contributed by atoms with Gasteiger partial charge in [0.25, 0.3) is 0 Å². The van der Waals surface area contributed by atoms with E-state index in [9.17, 15) is 9.59 Å². The van der Waals surface area contributed by atoms with E-state index in [1.165, 1.54) is 56.1 Å². The predicted molar refractivity (Wildman–Crippen MR) is 286 cm³/mol. The van der Waals surface area contributed by atoms with E-state index in [1.54, 1.807) is 0 Å². The van der Waals surface area contributed by atoms with Crippen molar-refractivity contribution in [1.29, 1.82) is 0 Å². The summed E-state index contributed by atoms with van der Waals surface area (Å²) in [6, 6.07) is 51.5. The first kappa shape index (κ1) is 55.9. The maximum absolute atomic E-state index is 11.7. The topological polar surface area (TPSA) is 113 Å². The smallest absolute Gasteiger partial charge is 0.305 e. The highest BCUT2D eigenvalue weighted by atomic mass is 35.5. The molecule has 0 spiro atoms. The van der Waals surface area contributed by atoms with Crippen LogP contribution in [0.4, 0.5) is 22.7 Å². The molecule has 0 aliphatic rings. The van der Waals surface area contributed by atoms with Crippen LogP contribution in [0.2, 0.25) is 0 Å². The second-order valence-corrected chi connectivity index (χ2v) is 17.8. The first-order chi connectivity index (χ1) is 33.3. The van der Waals surface area contributed by atoms with Crippen LogP contribution in [0.25, 0.3) is 0 Å². The first-order valence-electron chi connectivity index (χ1n) is 23.9. The highest BCUT2D eigenvalue weighted by molar-refractivity contribution is 5.75. The number of amides is 1. The van der Waals surface area contributed by atoms with E-state index < -0.39 is 0 Å². The Labute approximate surface area is 423 Å². The molecule has 1 amide bonds. The Morgan fingerprint density at radius 1 is 0.471 bits per heavy atom. The minimum absolute atomic E-state index is 0. The van der Waals surface area contributed by atoms with Crippen LogP contribution in [0.1, 0.15) is 77.8 Å². The van der Waals surface area contributed by atoms with Crippen LogP contribution in [0.3, 0.4) is 0 Å². The summed E-state index contributed by atoms with van der Waals surface area (Å²) in [5.74, 6) is 1.67. The highest BCUT2D eigenvalue weighted by Gasteiger charge is 2.19. The van der Waals surface area contributed by atoms with E-state index in [2.05, 4.69) is 203 Å². The molecule has 0 aliphatic carbocycles. The molecule has 0 fully saturated rings. The summed E-state index contributed by atoms with van der Waals surface area (Å²) in [4.78, 5) is 31.6. The van der Waals surface area contributed by atoms with Crippen molar-refractivity contribution in [2.24, 2.45) is 5.73 Å². The van der Waals surface area contributed by atoms with Gasteiger partial charge in [0.05, 0.1) is 19.8 Å². The zero-order valence-electron chi connectivity index (χ0n) is 42.7. The third kappa shape index (κ3) is 17.1. The monoisotopic (exact) mass is 970 g/mol. The normalized spacial score (nSPS) is 10.6. The fourth-order valence-corrected chi connectivity index (χ4v) is 7.89. The Hall–Kier alpha value is -6.69. The van der Waals surface area contributed by atoms with E-state index in [0.29, 0.717) is 58.6 Å². The van der Waals surface area contributed by atoms with E-state index in [0.717, 1.165) is 11.5 Å². The Morgan fingerprint density at radius 2 is 0.757 bits per heavy atom. The van der Waals surface area contributed by atoms with Gasteiger partial charge in [-0.2, -0.15) is 0 Å². The Bertz CT molecular complexity index is 2320. The molecule has 0 bridgehead atoms. The van der Waals surface area contributed by atoms with Crippen LogP contribution in [0.15, 0.2) is 146 Å². The lowest BCUT2D eigenvalue weighted by atomic mass is 9.85. The first-order valence-corrected chi connectivity index (χ1v) is 23.9. The van der Waals surface area contributed by atoms with E-state index in [4.69, 9.17) is 19.9 Å². The van der Waals surface area contributed by atoms with Gasteiger partial charge in [0, 0.05) is 117 Å². The number of rotatable bonds is 23. The second-order valence-electron chi connectivity index (χ2n) is 17.8. The third-order valence-electron chi connectivity index (χ3n) is 11.8. The number of hydrogen-bond acceptors (Lipinski definition) is 10. The molecule has 374 valence electrons. The van der Waals surface area contributed by atoms with Crippen LogP contribution >= 0.6 is 0 Å². The van der Waals surface area contributed by atoms with E-state index >= 15 is 0 Å². The molecule has 0 aromatic heterocycles. The standard InChI is InChI=1S/C29H38N4O2.C29H36N2O3.ClH/c1-32(2)25-13-7-22(8-14-25)29(23-9-15-26(16-10-23)33(3)4)24-11-17-27(18-12-24)35-21-5-6-28(34)31-20-19-30;1-6-33-28(32)8-7-21-34-27-19-13-24(14-20-27)29(22-9-15-25(16-10-22)30(2)3)23-11-17-26(18-12-23)31(4)5;/h7-18,29H,5-6,19-21,30H2,1-4H3,(H,31,34);9-20,29H,6-8,21H2,1-5H3;1H/p-1. The summed E-state index contributed by atoms with van der Waals surface area (Å²) in [7, 11) is 16.4. The average molecular weight is 971 g/mol. The molecule has 6 aromatic rings. The summed E-state index contributed by atoms with van der Waals surface area (Å²) in [5, 5.41) is 2.78. The van der Waals surface area contributed by atoms with Crippen LogP contribution in [-0.4, -0.2) is 101 Å². The van der Waals surface area contributed by atoms with Gasteiger partial charge in [-0.05, 0) is 126 Å². The van der Waals surface area contributed by atoms with Crippen molar-refractivity contribution >= 4 is 34.6 Å². The third-order valence-corrected chi connectivity index (χ3v) is 11.8. The van der Waals surface area contributed by atoms with Crippen molar-refractivity contribution in [1.82, 2.24) is 5.32 Å². The number of anilines is 4. The highest BCUT2D eigenvalue weighted by Crippen LogP contribution is 2.36. The van der Waals surface area contributed by atoms with Gasteiger partial charge in [-0.1, -0.05) is 72.8 Å². The maximum Gasteiger partial charge on any atom is 0.305 e. The molecule has 3 N–H and O–H groups in total. The van der Waals surface area contributed by atoms with Crippen LogP contribution in [-0.2, 0) is 14.3 Å². The molecule has 0 atom stereocenters. The molecular weight excluding hydrogens is 896 g/mol. The summed E-state index contributed by atoms with van der Waals surface area (Å²) in [6.45, 7) is 4.18.